The largest absolute Gasteiger partial charge is 0.504 e. The summed E-state index contributed by atoms with van der Waals surface area (Å²) in [5, 5.41) is 32.1. The highest BCUT2D eigenvalue weighted by Gasteiger charge is 2.16. The van der Waals surface area contributed by atoms with Crippen molar-refractivity contribution >= 4 is 0 Å². The standard InChI is InChI=1S/C19H25NO6/c1-24-17-7-5-12(18(25-2)19(17)26-3)8-9-20-11-16(23)13-4-6-14(21)15(22)10-13/h4-7,10,16,20-23H,8-9,11H2,1-3H3/t16-/m0/s1. The molecule has 0 spiro atoms. The van der Waals surface area contributed by atoms with E-state index >= 15 is 0 Å². The van der Waals surface area contributed by atoms with E-state index in [1.54, 1.807) is 27.4 Å². The van der Waals surface area contributed by atoms with Crippen LogP contribution in [0, 0.1) is 0 Å². The summed E-state index contributed by atoms with van der Waals surface area (Å²) in [6.07, 6.45) is -0.134. The Hall–Kier alpha value is -2.64. The van der Waals surface area contributed by atoms with Crippen molar-refractivity contribution in [2.24, 2.45) is 0 Å². The summed E-state index contributed by atoms with van der Waals surface area (Å²) in [6.45, 7) is 0.910. The topological polar surface area (TPSA) is 100 Å². The monoisotopic (exact) mass is 363 g/mol. The number of hydrogen-bond donors (Lipinski definition) is 4. The Morgan fingerprint density at radius 1 is 0.923 bits per heavy atom. The predicted octanol–water partition coefficient (Wildman–Crippen LogP) is 1.99. The van der Waals surface area contributed by atoms with Gasteiger partial charge in [0.15, 0.2) is 23.0 Å². The number of methoxy groups -OCH3 is 3. The maximum atomic E-state index is 10.2. The second-order valence-electron chi connectivity index (χ2n) is 5.71. The van der Waals surface area contributed by atoms with Crippen molar-refractivity contribution in [3.63, 3.8) is 0 Å². The minimum atomic E-state index is -0.797. The van der Waals surface area contributed by atoms with Crippen LogP contribution in [0.15, 0.2) is 30.3 Å². The van der Waals surface area contributed by atoms with E-state index in [9.17, 15) is 15.3 Å². The molecule has 0 saturated carbocycles. The van der Waals surface area contributed by atoms with Crippen molar-refractivity contribution in [1.29, 1.82) is 0 Å². The molecule has 0 aliphatic rings. The average molecular weight is 363 g/mol. The molecule has 2 aromatic carbocycles. The van der Waals surface area contributed by atoms with Gasteiger partial charge in [0.2, 0.25) is 5.75 Å². The lowest BCUT2D eigenvalue weighted by Crippen LogP contribution is -2.24. The third-order valence-corrected chi connectivity index (χ3v) is 4.08. The first-order valence-corrected chi connectivity index (χ1v) is 8.20. The molecule has 7 heteroatoms. The summed E-state index contributed by atoms with van der Waals surface area (Å²) in [5.74, 6) is 1.31. The highest BCUT2D eigenvalue weighted by Crippen LogP contribution is 2.39. The fourth-order valence-corrected chi connectivity index (χ4v) is 2.69. The number of phenols is 2. The van der Waals surface area contributed by atoms with E-state index in [1.165, 1.54) is 12.1 Å². The molecule has 142 valence electrons. The van der Waals surface area contributed by atoms with Gasteiger partial charge in [0.25, 0.3) is 0 Å². The SMILES string of the molecule is COc1ccc(CCNC[C@H](O)c2ccc(O)c(O)c2)c(OC)c1OC. The number of hydrogen-bond acceptors (Lipinski definition) is 7. The lowest BCUT2D eigenvalue weighted by molar-refractivity contribution is 0.174. The van der Waals surface area contributed by atoms with Crippen molar-refractivity contribution in [1.82, 2.24) is 5.32 Å². The van der Waals surface area contributed by atoms with Crippen molar-refractivity contribution < 1.29 is 29.5 Å². The summed E-state index contributed by atoms with van der Waals surface area (Å²) in [5.41, 5.74) is 1.48. The molecule has 7 nitrogen and oxygen atoms in total. The van der Waals surface area contributed by atoms with Crippen molar-refractivity contribution in [2.75, 3.05) is 34.4 Å². The minimum absolute atomic E-state index is 0.213. The normalized spacial score (nSPS) is 11.8. The van der Waals surface area contributed by atoms with Crippen LogP contribution in [0.3, 0.4) is 0 Å². The van der Waals surface area contributed by atoms with E-state index < -0.39 is 6.10 Å². The van der Waals surface area contributed by atoms with E-state index in [4.69, 9.17) is 14.2 Å². The molecule has 2 rings (SSSR count). The highest BCUT2D eigenvalue weighted by atomic mass is 16.5. The second kappa shape index (κ2) is 9.17. The summed E-state index contributed by atoms with van der Waals surface area (Å²) < 4.78 is 16.1. The Bertz CT molecular complexity index is 734. The predicted molar refractivity (Wildman–Crippen MR) is 97.4 cm³/mol. The molecule has 0 amide bonds. The van der Waals surface area contributed by atoms with Gasteiger partial charge >= 0.3 is 0 Å². The quantitative estimate of drug-likeness (QED) is 0.399. The van der Waals surface area contributed by atoms with Gasteiger partial charge in [0.05, 0.1) is 27.4 Å². The van der Waals surface area contributed by atoms with Gasteiger partial charge in [-0.3, -0.25) is 0 Å². The third-order valence-electron chi connectivity index (χ3n) is 4.08. The summed E-state index contributed by atoms with van der Waals surface area (Å²) in [7, 11) is 4.71. The Labute approximate surface area is 152 Å². The van der Waals surface area contributed by atoms with Gasteiger partial charge in [-0.15, -0.1) is 0 Å². The molecule has 0 heterocycles. The number of phenolic OH excluding ortho intramolecular Hbond substituents is 2. The number of ether oxygens (including phenoxy) is 3. The Balaban J connectivity index is 1.94. The average Bonchev–Trinajstić information content (AvgIpc) is 2.66. The molecule has 0 aromatic heterocycles. The third kappa shape index (κ3) is 4.50. The zero-order chi connectivity index (χ0) is 19.1. The minimum Gasteiger partial charge on any atom is -0.504 e. The van der Waals surface area contributed by atoms with Crippen molar-refractivity contribution in [2.45, 2.75) is 12.5 Å². The number of benzene rings is 2. The molecular weight excluding hydrogens is 338 g/mol. The Morgan fingerprint density at radius 2 is 1.65 bits per heavy atom. The Morgan fingerprint density at radius 3 is 2.27 bits per heavy atom. The fourth-order valence-electron chi connectivity index (χ4n) is 2.69. The van der Waals surface area contributed by atoms with Crippen molar-refractivity contribution in [3.8, 4) is 28.7 Å². The summed E-state index contributed by atoms with van der Waals surface area (Å²) in [6, 6.07) is 8.00. The second-order valence-corrected chi connectivity index (χ2v) is 5.71. The first kappa shape index (κ1) is 19.7. The van der Waals surface area contributed by atoms with Gasteiger partial charge < -0.3 is 34.8 Å². The van der Waals surface area contributed by atoms with Gasteiger partial charge in [-0.05, 0) is 42.3 Å². The molecule has 0 aliphatic heterocycles. The molecule has 0 saturated heterocycles. The molecule has 0 radical (unpaired) electrons. The molecule has 26 heavy (non-hydrogen) atoms. The molecule has 0 bridgehead atoms. The van der Waals surface area contributed by atoms with Gasteiger partial charge in [-0.2, -0.15) is 0 Å². The van der Waals surface area contributed by atoms with Crippen LogP contribution in [0.25, 0.3) is 0 Å². The van der Waals surface area contributed by atoms with Gasteiger partial charge in [0.1, 0.15) is 0 Å². The van der Waals surface area contributed by atoms with Crippen LogP contribution in [-0.4, -0.2) is 49.7 Å². The molecule has 1 atom stereocenters. The van der Waals surface area contributed by atoms with E-state index in [1.807, 2.05) is 12.1 Å². The van der Waals surface area contributed by atoms with E-state index in [2.05, 4.69) is 5.32 Å². The molecule has 2 aromatic rings. The number of rotatable bonds is 9. The summed E-state index contributed by atoms with van der Waals surface area (Å²) in [4.78, 5) is 0. The maximum absolute atomic E-state index is 10.2. The van der Waals surface area contributed by atoms with Crippen LogP contribution in [-0.2, 0) is 6.42 Å². The van der Waals surface area contributed by atoms with Crippen LogP contribution in [0.2, 0.25) is 0 Å². The number of nitrogens with one attached hydrogen (secondary N) is 1. The smallest absolute Gasteiger partial charge is 0.203 e. The van der Waals surface area contributed by atoms with Gasteiger partial charge in [0, 0.05) is 6.54 Å². The van der Waals surface area contributed by atoms with Gasteiger partial charge in [-0.25, -0.2) is 0 Å². The molecule has 0 unspecified atom stereocenters. The van der Waals surface area contributed by atoms with Crippen LogP contribution < -0.4 is 19.5 Å². The highest BCUT2D eigenvalue weighted by molar-refractivity contribution is 5.55. The zero-order valence-electron chi connectivity index (χ0n) is 15.2. The van der Waals surface area contributed by atoms with Crippen LogP contribution in [0.5, 0.6) is 28.7 Å². The Kier molecular flexibility index (Phi) is 6.94. The fraction of sp³-hybridized carbons (Fsp3) is 0.368. The lowest BCUT2D eigenvalue weighted by atomic mass is 10.1. The number of aromatic hydroxyl groups is 2. The molecule has 0 fully saturated rings. The molecule has 0 aliphatic carbocycles. The van der Waals surface area contributed by atoms with Crippen molar-refractivity contribution in [3.05, 3.63) is 41.5 Å². The zero-order valence-corrected chi connectivity index (χ0v) is 15.2. The number of aliphatic hydroxyl groups excluding tert-OH is 1. The van der Waals surface area contributed by atoms with E-state index in [0.29, 0.717) is 42.3 Å². The van der Waals surface area contributed by atoms with E-state index in [-0.39, 0.29) is 11.5 Å². The van der Waals surface area contributed by atoms with E-state index in [0.717, 1.165) is 5.56 Å². The maximum Gasteiger partial charge on any atom is 0.203 e. The number of aliphatic hydroxyl groups is 1. The first-order valence-electron chi connectivity index (χ1n) is 8.20. The van der Waals surface area contributed by atoms with Crippen LogP contribution >= 0.6 is 0 Å². The summed E-state index contributed by atoms with van der Waals surface area (Å²) >= 11 is 0. The van der Waals surface area contributed by atoms with Crippen LogP contribution in [0.4, 0.5) is 0 Å². The molecule has 4 N–H and O–H groups in total. The van der Waals surface area contributed by atoms with Gasteiger partial charge in [-0.1, -0.05) is 12.1 Å². The molecular formula is C19H25NO6. The first-order chi connectivity index (χ1) is 12.5. The lowest BCUT2D eigenvalue weighted by Gasteiger charge is -2.16. The van der Waals surface area contributed by atoms with Crippen LogP contribution in [0.1, 0.15) is 17.2 Å².